The van der Waals surface area contributed by atoms with Crippen molar-refractivity contribution in [2.45, 2.75) is 31.3 Å². The van der Waals surface area contributed by atoms with Gasteiger partial charge in [-0.15, -0.1) is 0 Å². The van der Waals surface area contributed by atoms with E-state index >= 15 is 0 Å². The number of esters is 1. The summed E-state index contributed by atoms with van der Waals surface area (Å²) in [6, 6.07) is 0.490. The molecule has 1 atom stereocenters. The van der Waals surface area contributed by atoms with Crippen molar-refractivity contribution in [3.63, 3.8) is 0 Å². The second-order valence-corrected chi connectivity index (χ2v) is 4.41. The Labute approximate surface area is 103 Å². The predicted molar refractivity (Wildman–Crippen MR) is 66.0 cm³/mol. The highest BCUT2D eigenvalue weighted by Gasteiger charge is 2.29. The molecule has 1 fully saturated rings. The third-order valence-corrected chi connectivity index (χ3v) is 3.19. The summed E-state index contributed by atoms with van der Waals surface area (Å²) in [7, 11) is 4.93. The van der Waals surface area contributed by atoms with E-state index in [9.17, 15) is 4.79 Å². The fraction of sp³-hybridized carbons (Fsp3) is 0.917. The molecule has 0 radical (unpaired) electrons. The summed E-state index contributed by atoms with van der Waals surface area (Å²) in [6.45, 7) is 2.60. The maximum absolute atomic E-state index is 11.4. The molecule has 0 aromatic carbocycles. The maximum Gasteiger partial charge on any atom is 0.322 e. The van der Waals surface area contributed by atoms with Crippen molar-refractivity contribution in [3.05, 3.63) is 0 Å². The molecule has 1 rings (SSSR count). The maximum atomic E-state index is 11.4. The van der Waals surface area contributed by atoms with Crippen LogP contribution in [0, 0.1) is 0 Å². The zero-order valence-electron chi connectivity index (χ0n) is 11.1. The number of hydrogen-bond acceptors (Lipinski definition) is 5. The van der Waals surface area contributed by atoms with E-state index in [0.717, 1.165) is 26.1 Å². The third kappa shape index (κ3) is 5.02. The summed E-state index contributed by atoms with van der Waals surface area (Å²) in [5, 5.41) is 2.99. The van der Waals surface area contributed by atoms with E-state index < -0.39 is 0 Å². The Morgan fingerprint density at radius 2 is 2.12 bits per heavy atom. The Bertz CT molecular complexity index is 232. The zero-order valence-corrected chi connectivity index (χ0v) is 11.1. The van der Waals surface area contributed by atoms with Crippen LogP contribution in [0.3, 0.4) is 0 Å². The Hall–Kier alpha value is -0.650. The van der Waals surface area contributed by atoms with Crippen molar-refractivity contribution in [3.8, 4) is 0 Å². The normalized spacial score (nSPS) is 17.2. The molecule has 0 saturated heterocycles. The van der Waals surface area contributed by atoms with Gasteiger partial charge in [0.05, 0.1) is 13.7 Å². The lowest BCUT2D eigenvalue weighted by molar-refractivity contribution is -0.143. The molecule has 1 N–H and O–H groups in total. The molecule has 0 amide bonds. The van der Waals surface area contributed by atoms with Gasteiger partial charge in [-0.1, -0.05) is 0 Å². The molecule has 0 aromatic rings. The molecule has 1 unspecified atom stereocenters. The van der Waals surface area contributed by atoms with Gasteiger partial charge in [0.15, 0.2) is 0 Å². The van der Waals surface area contributed by atoms with E-state index in [1.54, 1.807) is 14.2 Å². The van der Waals surface area contributed by atoms with Crippen molar-refractivity contribution in [1.29, 1.82) is 0 Å². The molecule has 0 spiro atoms. The minimum atomic E-state index is -0.205. The highest BCUT2D eigenvalue weighted by molar-refractivity contribution is 5.75. The van der Waals surface area contributed by atoms with Crippen LogP contribution in [0.4, 0.5) is 0 Å². The van der Waals surface area contributed by atoms with Gasteiger partial charge in [-0.3, -0.25) is 9.69 Å². The van der Waals surface area contributed by atoms with Crippen LogP contribution in [0.25, 0.3) is 0 Å². The smallest absolute Gasteiger partial charge is 0.322 e. The van der Waals surface area contributed by atoms with Crippen LogP contribution in [0.2, 0.25) is 0 Å². The zero-order chi connectivity index (χ0) is 12.7. The fourth-order valence-corrected chi connectivity index (χ4v) is 1.94. The van der Waals surface area contributed by atoms with Crippen LogP contribution in [0.15, 0.2) is 0 Å². The van der Waals surface area contributed by atoms with Crippen LogP contribution >= 0.6 is 0 Å². The van der Waals surface area contributed by atoms with E-state index in [1.165, 1.54) is 20.0 Å². The first-order valence-electron chi connectivity index (χ1n) is 6.21. The first-order valence-corrected chi connectivity index (χ1v) is 6.21. The van der Waals surface area contributed by atoms with Crippen molar-refractivity contribution >= 4 is 5.97 Å². The number of rotatable bonds is 9. The van der Waals surface area contributed by atoms with Crippen molar-refractivity contribution in [2.75, 3.05) is 41.0 Å². The quantitative estimate of drug-likeness (QED) is 0.589. The monoisotopic (exact) mass is 244 g/mol. The minimum Gasteiger partial charge on any atom is -0.468 e. The van der Waals surface area contributed by atoms with E-state index in [4.69, 9.17) is 9.47 Å². The molecule has 5 nitrogen and oxygen atoms in total. The van der Waals surface area contributed by atoms with Gasteiger partial charge in [0.2, 0.25) is 0 Å². The van der Waals surface area contributed by atoms with Gasteiger partial charge in [0.1, 0.15) is 6.04 Å². The molecule has 0 heterocycles. The molecular formula is C12H24N2O3. The lowest BCUT2D eigenvalue weighted by Gasteiger charge is -2.23. The third-order valence-electron chi connectivity index (χ3n) is 3.19. The number of nitrogens with zero attached hydrogens (tertiary/aromatic N) is 1. The minimum absolute atomic E-state index is 0.185. The van der Waals surface area contributed by atoms with E-state index in [2.05, 4.69) is 10.2 Å². The summed E-state index contributed by atoms with van der Waals surface area (Å²) >= 11 is 0. The highest BCUT2D eigenvalue weighted by Crippen LogP contribution is 2.26. The average molecular weight is 244 g/mol. The van der Waals surface area contributed by atoms with Crippen molar-refractivity contribution < 1.29 is 14.3 Å². The second-order valence-electron chi connectivity index (χ2n) is 4.41. The topological polar surface area (TPSA) is 50.8 Å². The van der Waals surface area contributed by atoms with Crippen LogP contribution in [-0.4, -0.2) is 63.9 Å². The van der Waals surface area contributed by atoms with Gasteiger partial charge in [-0.05, 0) is 26.3 Å². The van der Waals surface area contributed by atoms with Gasteiger partial charge in [-0.2, -0.15) is 0 Å². The highest BCUT2D eigenvalue weighted by atomic mass is 16.5. The van der Waals surface area contributed by atoms with Crippen molar-refractivity contribution in [1.82, 2.24) is 10.2 Å². The number of methoxy groups -OCH3 is 2. The number of carbonyl (C=O) groups is 1. The summed E-state index contributed by atoms with van der Waals surface area (Å²) in [5.41, 5.74) is 0. The predicted octanol–water partition coefficient (Wildman–Crippen LogP) is 0.248. The number of carbonyl (C=O) groups excluding carboxylic acids is 1. The van der Waals surface area contributed by atoms with E-state index in [0.29, 0.717) is 6.04 Å². The molecule has 0 aromatic heterocycles. The SMILES string of the molecule is CNC(CCN(CCOC)C1CC1)C(=O)OC. The molecular weight excluding hydrogens is 220 g/mol. The van der Waals surface area contributed by atoms with E-state index in [-0.39, 0.29) is 12.0 Å². The lowest BCUT2D eigenvalue weighted by atomic mass is 10.2. The number of hydrogen-bond donors (Lipinski definition) is 1. The van der Waals surface area contributed by atoms with Crippen LogP contribution in [0.1, 0.15) is 19.3 Å². The molecule has 5 heteroatoms. The van der Waals surface area contributed by atoms with Gasteiger partial charge >= 0.3 is 5.97 Å². The molecule has 1 aliphatic rings. The molecule has 1 aliphatic carbocycles. The Morgan fingerprint density at radius 1 is 1.41 bits per heavy atom. The lowest BCUT2D eigenvalue weighted by Crippen LogP contribution is -2.40. The number of nitrogens with one attached hydrogen (secondary N) is 1. The summed E-state index contributed by atoms with van der Waals surface area (Å²) in [5.74, 6) is -0.185. The van der Waals surface area contributed by atoms with Crippen molar-refractivity contribution in [2.24, 2.45) is 0 Å². The number of ether oxygens (including phenoxy) is 2. The molecule has 0 bridgehead atoms. The van der Waals surface area contributed by atoms with Crippen LogP contribution in [-0.2, 0) is 14.3 Å². The fourth-order valence-electron chi connectivity index (χ4n) is 1.94. The molecule has 100 valence electrons. The second kappa shape index (κ2) is 7.63. The molecule has 17 heavy (non-hydrogen) atoms. The summed E-state index contributed by atoms with van der Waals surface area (Å²) < 4.78 is 9.85. The standard InChI is InChI=1S/C12H24N2O3/c1-13-11(12(15)17-3)6-7-14(8-9-16-2)10-4-5-10/h10-11,13H,4-9H2,1-3H3. The summed E-state index contributed by atoms with van der Waals surface area (Å²) in [4.78, 5) is 13.8. The van der Waals surface area contributed by atoms with Crippen LogP contribution in [0.5, 0.6) is 0 Å². The first kappa shape index (κ1) is 14.4. The van der Waals surface area contributed by atoms with Gasteiger partial charge in [0.25, 0.3) is 0 Å². The van der Waals surface area contributed by atoms with Crippen LogP contribution < -0.4 is 5.32 Å². The Kier molecular flexibility index (Phi) is 6.47. The molecule has 0 aliphatic heterocycles. The number of likely N-dealkylation sites (N-methyl/N-ethyl adjacent to an activating group) is 1. The van der Waals surface area contributed by atoms with Gasteiger partial charge < -0.3 is 14.8 Å². The van der Waals surface area contributed by atoms with Gasteiger partial charge in [0, 0.05) is 26.2 Å². The van der Waals surface area contributed by atoms with Gasteiger partial charge in [-0.25, -0.2) is 0 Å². The summed E-state index contributed by atoms with van der Waals surface area (Å²) in [6.07, 6.45) is 3.32. The molecule has 1 saturated carbocycles. The Morgan fingerprint density at radius 3 is 2.59 bits per heavy atom. The average Bonchev–Trinajstić information content (AvgIpc) is 3.17. The Balaban J connectivity index is 2.31. The largest absolute Gasteiger partial charge is 0.468 e. The first-order chi connectivity index (χ1) is 8.22. The van der Waals surface area contributed by atoms with E-state index in [1.807, 2.05) is 0 Å².